The number of nitrogens with zero attached hydrogens (tertiary/aromatic N) is 1. The van der Waals surface area contributed by atoms with Gasteiger partial charge < -0.3 is 9.84 Å². The highest BCUT2D eigenvalue weighted by molar-refractivity contribution is 6.57. The summed E-state index contributed by atoms with van der Waals surface area (Å²) in [5, 5.41) is 8.93. The molecule has 0 radical (unpaired) electrons. The maximum Gasteiger partial charge on any atom is 0.341 e. The molecule has 0 fully saturated rings. The third-order valence-electron chi connectivity index (χ3n) is 5.86. The van der Waals surface area contributed by atoms with E-state index in [1.165, 1.54) is 4.90 Å². The van der Waals surface area contributed by atoms with Crippen molar-refractivity contribution in [2.45, 2.75) is 7.43 Å². The molecular formula is C31H25NO5. The van der Waals surface area contributed by atoms with Crippen molar-refractivity contribution >= 4 is 34.6 Å². The average molecular weight is 492 g/mol. The quantitative estimate of drug-likeness (QED) is 0.324. The van der Waals surface area contributed by atoms with Crippen LogP contribution in [0.2, 0.25) is 0 Å². The van der Waals surface area contributed by atoms with Crippen molar-refractivity contribution < 1.29 is 24.2 Å². The van der Waals surface area contributed by atoms with Crippen molar-refractivity contribution in [2.75, 3.05) is 11.5 Å². The minimum absolute atomic E-state index is 0. The van der Waals surface area contributed by atoms with Gasteiger partial charge in [-0.2, -0.15) is 0 Å². The lowest BCUT2D eigenvalue weighted by molar-refractivity contribution is -0.139. The van der Waals surface area contributed by atoms with E-state index >= 15 is 0 Å². The number of aliphatic carboxylic acids is 1. The first-order chi connectivity index (χ1) is 17.5. The van der Waals surface area contributed by atoms with Gasteiger partial charge in [0, 0.05) is 5.56 Å². The Bertz CT molecular complexity index is 1430. The van der Waals surface area contributed by atoms with Gasteiger partial charge in [0.15, 0.2) is 6.61 Å². The smallest absolute Gasteiger partial charge is 0.341 e. The van der Waals surface area contributed by atoms with E-state index in [1.807, 2.05) is 78.9 Å². The number of rotatable bonds is 7. The van der Waals surface area contributed by atoms with E-state index in [0.29, 0.717) is 44.8 Å². The van der Waals surface area contributed by atoms with Crippen LogP contribution in [0.1, 0.15) is 18.6 Å². The van der Waals surface area contributed by atoms with Crippen LogP contribution in [0.3, 0.4) is 0 Å². The molecule has 1 N–H and O–H groups in total. The van der Waals surface area contributed by atoms with E-state index < -0.39 is 24.4 Å². The van der Waals surface area contributed by atoms with Gasteiger partial charge in [0.2, 0.25) is 0 Å². The molecule has 37 heavy (non-hydrogen) atoms. The summed E-state index contributed by atoms with van der Waals surface area (Å²) < 4.78 is 5.33. The molecule has 0 atom stereocenters. The second-order valence-corrected chi connectivity index (χ2v) is 8.16. The Kier molecular flexibility index (Phi) is 7.30. The van der Waals surface area contributed by atoms with Crippen LogP contribution in [0.25, 0.3) is 22.3 Å². The third kappa shape index (κ3) is 4.90. The molecule has 0 saturated carbocycles. The normalized spacial score (nSPS) is 12.9. The maximum absolute atomic E-state index is 13.9. The fourth-order valence-corrected chi connectivity index (χ4v) is 4.30. The van der Waals surface area contributed by atoms with Crippen molar-refractivity contribution in [3.63, 3.8) is 0 Å². The zero-order valence-electron chi connectivity index (χ0n) is 19.1. The number of para-hydroxylation sites is 1. The fraction of sp³-hybridized carbons (Fsp3) is 0.0645. The van der Waals surface area contributed by atoms with Crippen LogP contribution >= 0.6 is 0 Å². The summed E-state index contributed by atoms with van der Waals surface area (Å²) in [4.78, 5) is 39.9. The largest absolute Gasteiger partial charge is 0.482 e. The maximum atomic E-state index is 13.9. The number of imide groups is 1. The molecule has 0 bridgehead atoms. The van der Waals surface area contributed by atoms with Gasteiger partial charge >= 0.3 is 5.97 Å². The Labute approximate surface area is 215 Å². The minimum Gasteiger partial charge on any atom is -0.482 e. The number of hydrogen-bond donors (Lipinski definition) is 1. The van der Waals surface area contributed by atoms with Gasteiger partial charge in [0.25, 0.3) is 11.8 Å². The van der Waals surface area contributed by atoms with Gasteiger partial charge in [-0.3, -0.25) is 9.59 Å². The third-order valence-corrected chi connectivity index (χ3v) is 5.86. The molecule has 2 amide bonds. The van der Waals surface area contributed by atoms with Crippen LogP contribution in [-0.4, -0.2) is 29.5 Å². The molecule has 0 saturated heterocycles. The number of hydrogen-bond acceptors (Lipinski definition) is 4. The summed E-state index contributed by atoms with van der Waals surface area (Å²) in [5.41, 5.74) is 3.78. The van der Waals surface area contributed by atoms with Crippen molar-refractivity contribution in [3.05, 3.63) is 120 Å². The fourth-order valence-electron chi connectivity index (χ4n) is 4.30. The number of carbonyl (C=O) groups excluding carboxylic acids is 2. The van der Waals surface area contributed by atoms with Gasteiger partial charge in [-0.15, -0.1) is 0 Å². The Hall–Kier alpha value is -4.97. The zero-order chi connectivity index (χ0) is 25.1. The number of benzene rings is 4. The highest BCUT2D eigenvalue weighted by atomic mass is 16.5. The summed E-state index contributed by atoms with van der Waals surface area (Å²) in [6, 6.07) is 32.4. The predicted octanol–water partition coefficient (Wildman–Crippen LogP) is 5.94. The first-order valence-electron chi connectivity index (χ1n) is 11.3. The van der Waals surface area contributed by atoms with E-state index in [2.05, 4.69) is 0 Å². The molecule has 1 aliphatic rings. The van der Waals surface area contributed by atoms with Gasteiger partial charge in [0.1, 0.15) is 5.75 Å². The molecule has 5 rings (SSSR count). The molecule has 184 valence electrons. The van der Waals surface area contributed by atoms with Crippen LogP contribution in [0, 0.1) is 0 Å². The Morgan fingerprint density at radius 3 is 1.76 bits per heavy atom. The molecule has 4 aromatic carbocycles. The SMILES string of the molecule is C.O=C(O)COc1cccc(-c2ccccc2N2C(=O)C(c3ccccc3)=C(c3ccccc3)C2=O)c1. The molecule has 1 aliphatic heterocycles. The van der Waals surface area contributed by atoms with Crippen molar-refractivity contribution in [2.24, 2.45) is 0 Å². The van der Waals surface area contributed by atoms with E-state index in [1.54, 1.807) is 30.3 Å². The molecule has 0 spiro atoms. The van der Waals surface area contributed by atoms with Gasteiger partial charge in [-0.1, -0.05) is 98.4 Å². The molecule has 6 nitrogen and oxygen atoms in total. The molecule has 0 unspecified atom stereocenters. The summed E-state index contributed by atoms with van der Waals surface area (Å²) in [5.74, 6) is -1.52. The Morgan fingerprint density at radius 1 is 0.676 bits per heavy atom. The minimum atomic E-state index is -1.08. The van der Waals surface area contributed by atoms with Gasteiger partial charge in [-0.25, -0.2) is 9.69 Å². The summed E-state index contributed by atoms with van der Waals surface area (Å²) in [6.07, 6.45) is 0. The lowest BCUT2D eigenvalue weighted by atomic mass is 9.96. The van der Waals surface area contributed by atoms with E-state index in [-0.39, 0.29) is 7.43 Å². The lowest BCUT2D eigenvalue weighted by Gasteiger charge is -2.20. The Morgan fingerprint density at radius 2 is 1.19 bits per heavy atom. The first kappa shape index (κ1) is 25.1. The van der Waals surface area contributed by atoms with Crippen molar-refractivity contribution in [1.82, 2.24) is 0 Å². The Balaban J connectivity index is 0.00000320. The lowest BCUT2D eigenvalue weighted by Crippen LogP contribution is -2.31. The second kappa shape index (κ2) is 10.7. The number of anilines is 1. The average Bonchev–Trinajstić information content (AvgIpc) is 3.18. The first-order valence-corrected chi connectivity index (χ1v) is 11.3. The molecule has 1 heterocycles. The molecule has 0 aromatic heterocycles. The zero-order valence-corrected chi connectivity index (χ0v) is 19.1. The molecule has 4 aromatic rings. The van der Waals surface area contributed by atoms with Gasteiger partial charge in [0.05, 0.1) is 16.8 Å². The van der Waals surface area contributed by atoms with Crippen LogP contribution in [0.5, 0.6) is 5.75 Å². The van der Waals surface area contributed by atoms with Gasteiger partial charge in [-0.05, 0) is 34.9 Å². The summed E-state index contributed by atoms with van der Waals surface area (Å²) in [6.45, 7) is -0.473. The van der Waals surface area contributed by atoms with E-state index in [4.69, 9.17) is 9.84 Å². The molecule has 0 aliphatic carbocycles. The summed E-state index contributed by atoms with van der Waals surface area (Å²) >= 11 is 0. The standard InChI is InChI=1S/C30H21NO5.CH4/c32-26(33)19-36-23-15-9-14-22(18-23)24-16-7-8-17-25(24)31-29(34)27(20-10-3-1-4-11-20)28(30(31)35)21-12-5-2-6-13-21;/h1-18H,19H2,(H,32,33);1H4. The second-order valence-electron chi connectivity index (χ2n) is 8.16. The monoisotopic (exact) mass is 491 g/mol. The molecular weight excluding hydrogens is 466 g/mol. The summed E-state index contributed by atoms with van der Waals surface area (Å²) in [7, 11) is 0. The highest BCUT2D eigenvalue weighted by Gasteiger charge is 2.41. The molecule has 6 heteroatoms. The van der Waals surface area contributed by atoms with Crippen molar-refractivity contribution in [3.8, 4) is 16.9 Å². The van der Waals surface area contributed by atoms with Crippen molar-refractivity contribution in [1.29, 1.82) is 0 Å². The number of amides is 2. The number of ether oxygens (including phenoxy) is 1. The number of carboxylic acids is 1. The highest BCUT2D eigenvalue weighted by Crippen LogP contribution is 2.41. The van der Waals surface area contributed by atoms with Crippen LogP contribution in [-0.2, 0) is 14.4 Å². The number of carboxylic acid groups (broad SMARTS) is 1. The topological polar surface area (TPSA) is 83.9 Å². The van der Waals surface area contributed by atoms with E-state index in [9.17, 15) is 14.4 Å². The van der Waals surface area contributed by atoms with E-state index in [0.717, 1.165) is 0 Å². The van der Waals surface area contributed by atoms with Crippen LogP contribution < -0.4 is 9.64 Å². The predicted molar refractivity (Wildman–Crippen MR) is 144 cm³/mol. The number of carbonyl (C=O) groups is 3. The van der Waals surface area contributed by atoms with Crippen LogP contribution in [0.4, 0.5) is 5.69 Å². The van der Waals surface area contributed by atoms with Crippen LogP contribution in [0.15, 0.2) is 109 Å².